The highest BCUT2D eigenvalue weighted by Crippen LogP contribution is 2.62. The Morgan fingerprint density at radius 1 is 0.658 bits per heavy atom. The molecular formula is C27H37N2O6P3. The highest BCUT2D eigenvalue weighted by Gasteiger charge is 2.34. The molecule has 0 saturated heterocycles. The third-order valence-corrected chi connectivity index (χ3v) is 11.0. The molecule has 0 radical (unpaired) electrons. The Kier molecular flexibility index (Phi) is 12.5. The number of benzene rings is 3. The predicted octanol–water partition coefficient (Wildman–Crippen LogP) is 9.25. The van der Waals surface area contributed by atoms with Crippen LogP contribution in [0.5, 0.6) is 17.2 Å². The molecule has 0 heterocycles. The van der Waals surface area contributed by atoms with Crippen molar-refractivity contribution in [2.24, 2.45) is 4.52 Å². The lowest BCUT2D eigenvalue weighted by Gasteiger charge is -2.29. The lowest BCUT2D eigenvalue weighted by atomic mass is 10.2. The van der Waals surface area contributed by atoms with Crippen LogP contribution in [-0.4, -0.2) is 19.8 Å². The Hall–Kier alpha value is -2.01. The number of aryl methyl sites for hydroxylation is 3. The first kappa shape index (κ1) is 30.5. The van der Waals surface area contributed by atoms with E-state index in [2.05, 4.69) is 4.86 Å². The molecule has 0 spiro atoms. The van der Waals surface area contributed by atoms with Gasteiger partial charge in [0.2, 0.25) is 0 Å². The quantitative estimate of drug-likeness (QED) is 0.180. The van der Waals surface area contributed by atoms with Gasteiger partial charge in [-0.25, -0.2) is 0 Å². The largest absolute Gasteiger partial charge is 0.435 e. The fourth-order valence-electron chi connectivity index (χ4n) is 3.17. The number of nitrogens with one attached hydrogen (secondary N) is 1. The summed E-state index contributed by atoms with van der Waals surface area (Å²) >= 11 is 0. The van der Waals surface area contributed by atoms with Crippen molar-refractivity contribution in [2.45, 2.75) is 41.5 Å². The average Bonchev–Trinajstić information content (AvgIpc) is 2.89. The summed E-state index contributed by atoms with van der Waals surface area (Å²) in [5, 5.41) is 0. The zero-order valence-electron chi connectivity index (χ0n) is 22.8. The number of rotatable bonds is 15. The summed E-state index contributed by atoms with van der Waals surface area (Å²) < 4.78 is 42.4. The second-order valence-electron chi connectivity index (χ2n) is 8.03. The van der Waals surface area contributed by atoms with Gasteiger partial charge in [0.1, 0.15) is 17.2 Å². The topological polar surface area (TPSA) is 79.8 Å². The zero-order chi connectivity index (χ0) is 27.4. The van der Waals surface area contributed by atoms with E-state index in [1.807, 2.05) is 114 Å². The number of para-hydroxylation sites is 3. The molecule has 3 rings (SSSR count). The van der Waals surface area contributed by atoms with E-state index in [0.717, 1.165) is 16.7 Å². The summed E-state index contributed by atoms with van der Waals surface area (Å²) in [5.41, 5.74) is 2.90. The van der Waals surface area contributed by atoms with E-state index in [9.17, 15) is 0 Å². The molecule has 38 heavy (non-hydrogen) atoms. The summed E-state index contributed by atoms with van der Waals surface area (Å²) in [6.07, 6.45) is 0. The minimum Gasteiger partial charge on any atom is -0.435 e. The van der Waals surface area contributed by atoms with Crippen LogP contribution in [0.3, 0.4) is 0 Å². The second kappa shape index (κ2) is 15.5. The van der Waals surface area contributed by atoms with Gasteiger partial charge < -0.3 is 27.1 Å². The van der Waals surface area contributed by atoms with Crippen molar-refractivity contribution in [3.05, 3.63) is 89.5 Å². The van der Waals surface area contributed by atoms with Crippen LogP contribution in [0.2, 0.25) is 0 Å². The van der Waals surface area contributed by atoms with Crippen LogP contribution in [0, 0.1) is 20.8 Å². The Morgan fingerprint density at radius 3 is 1.66 bits per heavy atom. The molecule has 0 aliphatic heterocycles. The molecule has 11 heteroatoms. The highest BCUT2D eigenvalue weighted by molar-refractivity contribution is 7.70. The molecule has 0 amide bonds. The monoisotopic (exact) mass is 578 g/mol. The maximum Gasteiger partial charge on any atom is 0.377 e. The maximum absolute atomic E-state index is 6.59. The molecule has 3 unspecified atom stereocenters. The molecule has 0 aliphatic carbocycles. The van der Waals surface area contributed by atoms with Crippen LogP contribution in [0.15, 0.2) is 77.3 Å². The molecule has 206 valence electrons. The molecule has 0 saturated carbocycles. The molecule has 3 atom stereocenters. The molecule has 0 bridgehead atoms. The standard InChI is InChI=1S/C27H37N2O6P3/c1-7-30-36(33-25-19-13-10-16-22(25)4)28-38(32-9-3,35-27-21-15-12-18-24(27)6)29-37(31-8-2)34-26-20-14-11-17-23(26)5/h10-21,28H,7-9H2,1-6H3. The van der Waals surface area contributed by atoms with Crippen LogP contribution < -0.4 is 18.4 Å². The fraction of sp³-hybridized carbons (Fsp3) is 0.333. The predicted molar refractivity (Wildman–Crippen MR) is 157 cm³/mol. The van der Waals surface area contributed by atoms with E-state index in [1.165, 1.54) is 0 Å². The number of nitrogens with zero attached hydrogens (tertiary/aromatic N) is 1. The molecule has 3 aromatic rings. The van der Waals surface area contributed by atoms with Crippen molar-refractivity contribution in [1.29, 1.82) is 0 Å². The molecule has 1 N–H and O–H groups in total. The van der Waals surface area contributed by atoms with Gasteiger partial charge in [-0.15, -0.1) is 9.37 Å². The van der Waals surface area contributed by atoms with Gasteiger partial charge in [-0.3, -0.25) is 0 Å². The fourth-order valence-corrected chi connectivity index (χ4v) is 8.97. The average molecular weight is 579 g/mol. The van der Waals surface area contributed by atoms with Crippen LogP contribution in [0.25, 0.3) is 0 Å². The van der Waals surface area contributed by atoms with Crippen molar-refractivity contribution in [3.8, 4) is 17.2 Å². The van der Waals surface area contributed by atoms with E-state index in [4.69, 9.17) is 31.7 Å². The van der Waals surface area contributed by atoms with Gasteiger partial charge in [0.05, 0.1) is 19.8 Å². The molecule has 3 aromatic carbocycles. The van der Waals surface area contributed by atoms with Gasteiger partial charge in [-0.2, -0.15) is 0 Å². The van der Waals surface area contributed by atoms with Crippen molar-refractivity contribution < 1.29 is 27.1 Å². The van der Waals surface area contributed by atoms with Crippen molar-refractivity contribution >= 4 is 24.7 Å². The molecule has 0 fully saturated rings. The van der Waals surface area contributed by atoms with Gasteiger partial charge in [-0.05, 0) is 76.4 Å². The highest BCUT2D eigenvalue weighted by atomic mass is 31.3. The summed E-state index contributed by atoms with van der Waals surface area (Å²) in [4.78, 5) is 3.39. The van der Waals surface area contributed by atoms with Crippen LogP contribution >= 0.6 is 24.7 Å². The third kappa shape index (κ3) is 9.03. The summed E-state index contributed by atoms with van der Waals surface area (Å²) in [7, 11) is -6.80. The minimum absolute atomic E-state index is 0.329. The van der Waals surface area contributed by atoms with E-state index in [-0.39, 0.29) is 0 Å². The summed E-state index contributed by atoms with van der Waals surface area (Å²) in [6, 6.07) is 23.2. The van der Waals surface area contributed by atoms with Crippen molar-refractivity contribution in [3.63, 3.8) is 0 Å². The van der Waals surface area contributed by atoms with Crippen LogP contribution in [0.4, 0.5) is 0 Å². The van der Waals surface area contributed by atoms with Gasteiger partial charge in [0.15, 0.2) is 0 Å². The Bertz CT molecular complexity index is 1210. The Labute approximate surface area is 229 Å². The molecule has 0 aromatic heterocycles. The van der Waals surface area contributed by atoms with E-state index < -0.39 is 24.7 Å². The van der Waals surface area contributed by atoms with Gasteiger partial charge in [-0.1, -0.05) is 54.6 Å². The molecular weight excluding hydrogens is 541 g/mol. The lowest BCUT2D eigenvalue weighted by Crippen LogP contribution is -2.17. The van der Waals surface area contributed by atoms with E-state index in [1.54, 1.807) is 0 Å². The van der Waals surface area contributed by atoms with E-state index >= 15 is 0 Å². The maximum atomic E-state index is 6.59. The number of hydrogen-bond acceptors (Lipinski definition) is 7. The zero-order valence-corrected chi connectivity index (χ0v) is 25.5. The summed E-state index contributed by atoms with van der Waals surface area (Å²) in [6.45, 7) is 12.8. The third-order valence-electron chi connectivity index (χ3n) is 5.05. The normalized spacial score (nSPS) is 14.3. The molecule has 8 nitrogen and oxygen atoms in total. The first-order valence-electron chi connectivity index (χ1n) is 12.5. The Balaban J connectivity index is 2.08. The number of hydrogen-bond donors (Lipinski definition) is 1. The van der Waals surface area contributed by atoms with Gasteiger partial charge in [0.25, 0.3) is 0 Å². The van der Waals surface area contributed by atoms with Crippen molar-refractivity contribution in [2.75, 3.05) is 19.8 Å². The second-order valence-corrected chi connectivity index (χ2v) is 12.9. The van der Waals surface area contributed by atoms with Gasteiger partial charge >= 0.3 is 24.7 Å². The summed E-state index contributed by atoms with van der Waals surface area (Å²) in [5.74, 6) is 2.02. The Morgan fingerprint density at radius 2 is 1.16 bits per heavy atom. The van der Waals surface area contributed by atoms with Crippen LogP contribution in [-0.2, 0) is 13.6 Å². The SMILES string of the molecule is CCOP(N=P(NP(OCC)Oc1ccccc1C)(OCC)Oc1ccccc1C)Oc1ccccc1C. The van der Waals surface area contributed by atoms with E-state index in [0.29, 0.717) is 37.1 Å². The smallest absolute Gasteiger partial charge is 0.377 e. The van der Waals surface area contributed by atoms with Crippen LogP contribution in [0.1, 0.15) is 37.5 Å². The van der Waals surface area contributed by atoms with Crippen molar-refractivity contribution in [1.82, 2.24) is 4.86 Å². The van der Waals surface area contributed by atoms with Gasteiger partial charge in [0, 0.05) is 0 Å². The lowest BCUT2D eigenvalue weighted by molar-refractivity contribution is 0.303. The first-order valence-corrected chi connectivity index (χ1v) is 16.4. The minimum atomic E-state index is -3.29. The molecule has 0 aliphatic rings. The first-order chi connectivity index (χ1) is 18.4.